The van der Waals surface area contributed by atoms with Crippen LogP contribution in [0.5, 0.6) is 0 Å². The Morgan fingerprint density at radius 3 is 2.65 bits per heavy atom. The highest BCUT2D eigenvalue weighted by Crippen LogP contribution is 2.18. The van der Waals surface area contributed by atoms with Gasteiger partial charge in [-0.3, -0.25) is 9.59 Å². The van der Waals surface area contributed by atoms with Crippen molar-refractivity contribution < 1.29 is 19.8 Å². The minimum absolute atomic E-state index is 0.0738. The summed E-state index contributed by atoms with van der Waals surface area (Å²) in [5.41, 5.74) is 0. The Kier molecular flexibility index (Phi) is 5.97. The first-order valence-corrected chi connectivity index (χ1v) is 6.26. The molecule has 1 rings (SSSR count). The predicted octanol–water partition coefficient (Wildman–Crippen LogP) is 0.862. The maximum atomic E-state index is 11.6. The van der Waals surface area contributed by atoms with E-state index < -0.39 is 11.9 Å². The number of carbonyl (C=O) groups excluding carboxylic acids is 1. The van der Waals surface area contributed by atoms with Gasteiger partial charge in [0.25, 0.3) is 0 Å². The van der Waals surface area contributed by atoms with Gasteiger partial charge in [0.2, 0.25) is 5.91 Å². The van der Waals surface area contributed by atoms with Crippen LogP contribution in [0, 0.1) is 5.92 Å². The van der Waals surface area contributed by atoms with Crippen molar-refractivity contribution in [3.05, 3.63) is 0 Å². The molecule has 1 amide bonds. The second-order valence-corrected chi connectivity index (χ2v) is 4.55. The van der Waals surface area contributed by atoms with Crippen molar-refractivity contribution in [1.29, 1.82) is 0 Å². The van der Waals surface area contributed by atoms with E-state index in [2.05, 4.69) is 0 Å². The molecule has 17 heavy (non-hydrogen) atoms. The molecule has 0 radical (unpaired) electrons. The van der Waals surface area contributed by atoms with E-state index in [-0.39, 0.29) is 12.5 Å². The molecule has 1 unspecified atom stereocenters. The maximum absolute atomic E-state index is 11.6. The number of rotatable bonds is 7. The molecular formula is C12H21NO4. The average Bonchev–Trinajstić information content (AvgIpc) is 2.30. The third kappa shape index (κ3) is 4.73. The normalized spacial score (nSPS) is 20.6. The first-order chi connectivity index (χ1) is 8.15. The van der Waals surface area contributed by atoms with E-state index in [1.807, 2.05) is 0 Å². The quantitative estimate of drug-likeness (QED) is 0.650. The summed E-state index contributed by atoms with van der Waals surface area (Å²) in [7, 11) is 0. The third-order valence-electron chi connectivity index (χ3n) is 3.19. The number of unbranched alkanes of at least 4 members (excludes halogenated alkanes) is 3. The lowest BCUT2D eigenvalue weighted by Crippen LogP contribution is -2.42. The highest BCUT2D eigenvalue weighted by molar-refractivity contribution is 5.80. The lowest BCUT2D eigenvalue weighted by Gasteiger charge is -2.30. The Bertz CT molecular complexity index is 267. The zero-order valence-corrected chi connectivity index (χ0v) is 10.1. The minimum Gasteiger partial charge on any atom is -0.481 e. The molecule has 1 aliphatic rings. The van der Waals surface area contributed by atoms with Gasteiger partial charge in [-0.15, -0.1) is 0 Å². The van der Waals surface area contributed by atoms with Crippen LogP contribution in [0.1, 0.15) is 38.5 Å². The maximum Gasteiger partial charge on any atom is 0.308 e. The van der Waals surface area contributed by atoms with Gasteiger partial charge < -0.3 is 15.1 Å². The second kappa shape index (κ2) is 7.27. The first kappa shape index (κ1) is 14.0. The molecule has 0 bridgehead atoms. The summed E-state index contributed by atoms with van der Waals surface area (Å²) in [5.74, 6) is -1.13. The Balaban J connectivity index is 2.25. The van der Waals surface area contributed by atoms with Gasteiger partial charge >= 0.3 is 5.97 Å². The van der Waals surface area contributed by atoms with Crippen molar-refractivity contribution in [1.82, 2.24) is 4.90 Å². The van der Waals surface area contributed by atoms with Crippen molar-refractivity contribution in [3.8, 4) is 0 Å². The standard InChI is InChI=1S/C12H21NO4/c14-8-4-2-1-3-7-13-9-10(12(16)17)5-6-11(13)15/h10,14H,1-9H2,(H,16,17). The molecule has 0 aromatic rings. The molecule has 0 aromatic heterocycles. The van der Waals surface area contributed by atoms with E-state index in [1.54, 1.807) is 4.90 Å². The zero-order chi connectivity index (χ0) is 12.7. The van der Waals surface area contributed by atoms with E-state index in [0.717, 1.165) is 25.7 Å². The Morgan fingerprint density at radius 2 is 2.00 bits per heavy atom. The first-order valence-electron chi connectivity index (χ1n) is 6.26. The number of carboxylic acid groups (broad SMARTS) is 1. The lowest BCUT2D eigenvalue weighted by molar-refractivity contribution is -0.147. The predicted molar refractivity (Wildman–Crippen MR) is 62.5 cm³/mol. The molecule has 0 spiro atoms. The number of carbonyl (C=O) groups is 2. The van der Waals surface area contributed by atoms with E-state index in [0.29, 0.717) is 25.9 Å². The number of hydrogen-bond donors (Lipinski definition) is 2. The summed E-state index contributed by atoms with van der Waals surface area (Å²) < 4.78 is 0. The molecular weight excluding hydrogens is 222 g/mol. The molecule has 2 N–H and O–H groups in total. The zero-order valence-electron chi connectivity index (χ0n) is 10.1. The van der Waals surface area contributed by atoms with Gasteiger partial charge in [0, 0.05) is 26.1 Å². The van der Waals surface area contributed by atoms with Crippen molar-refractivity contribution in [2.75, 3.05) is 19.7 Å². The Labute approximate surface area is 101 Å². The number of likely N-dealkylation sites (tertiary alicyclic amines) is 1. The topological polar surface area (TPSA) is 77.8 Å². The molecule has 1 heterocycles. The Hall–Kier alpha value is -1.10. The van der Waals surface area contributed by atoms with Gasteiger partial charge in [-0.2, -0.15) is 0 Å². The molecule has 1 atom stereocenters. The van der Waals surface area contributed by atoms with Crippen molar-refractivity contribution in [2.24, 2.45) is 5.92 Å². The van der Waals surface area contributed by atoms with Crippen LogP contribution >= 0.6 is 0 Å². The number of carboxylic acids is 1. The molecule has 0 aromatic carbocycles. The van der Waals surface area contributed by atoms with E-state index in [1.165, 1.54) is 0 Å². The Morgan fingerprint density at radius 1 is 1.29 bits per heavy atom. The summed E-state index contributed by atoms with van der Waals surface area (Å²) in [6.07, 6.45) is 4.44. The van der Waals surface area contributed by atoms with Crippen LogP contribution in [0.3, 0.4) is 0 Å². The van der Waals surface area contributed by atoms with Gasteiger partial charge in [-0.25, -0.2) is 0 Å². The molecule has 5 nitrogen and oxygen atoms in total. The fourth-order valence-electron chi connectivity index (χ4n) is 2.10. The average molecular weight is 243 g/mol. The van der Waals surface area contributed by atoms with E-state index in [4.69, 9.17) is 10.2 Å². The fraction of sp³-hybridized carbons (Fsp3) is 0.833. The van der Waals surface area contributed by atoms with Gasteiger partial charge in [0.1, 0.15) is 0 Å². The number of hydrogen-bond acceptors (Lipinski definition) is 3. The summed E-state index contributed by atoms with van der Waals surface area (Å²) in [6, 6.07) is 0. The van der Waals surface area contributed by atoms with Gasteiger partial charge in [0.15, 0.2) is 0 Å². The van der Waals surface area contributed by atoms with Crippen molar-refractivity contribution in [2.45, 2.75) is 38.5 Å². The SMILES string of the molecule is O=C(O)C1CCC(=O)N(CCCCCCO)C1. The molecule has 1 saturated heterocycles. The summed E-state index contributed by atoms with van der Waals surface area (Å²) >= 11 is 0. The molecule has 98 valence electrons. The molecule has 5 heteroatoms. The number of aliphatic hydroxyl groups excluding tert-OH is 1. The van der Waals surface area contributed by atoms with Crippen LogP contribution < -0.4 is 0 Å². The second-order valence-electron chi connectivity index (χ2n) is 4.55. The number of nitrogens with zero attached hydrogens (tertiary/aromatic N) is 1. The van der Waals surface area contributed by atoms with Crippen molar-refractivity contribution >= 4 is 11.9 Å². The number of aliphatic carboxylic acids is 1. The monoisotopic (exact) mass is 243 g/mol. The van der Waals surface area contributed by atoms with Crippen LogP contribution in [-0.4, -0.2) is 46.7 Å². The highest BCUT2D eigenvalue weighted by atomic mass is 16.4. The number of aliphatic hydroxyl groups is 1. The van der Waals surface area contributed by atoms with Gasteiger partial charge in [-0.1, -0.05) is 12.8 Å². The smallest absolute Gasteiger partial charge is 0.308 e. The highest BCUT2D eigenvalue weighted by Gasteiger charge is 2.29. The largest absolute Gasteiger partial charge is 0.481 e. The number of amides is 1. The fourth-order valence-corrected chi connectivity index (χ4v) is 2.10. The van der Waals surface area contributed by atoms with Crippen LogP contribution in [0.2, 0.25) is 0 Å². The van der Waals surface area contributed by atoms with Crippen LogP contribution in [0.4, 0.5) is 0 Å². The molecule has 1 fully saturated rings. The van der Waals surface area contributed by atoms with Crippen molar-refractivity contribution in [3.63, 3.8) is 0 Å². The summed E-state index contributed by atoms with van der Waals surface area (Å²) in [6.45, 7) is 1.21. The summed E-state index contributed by atoms with van der Waals surface area (Å²) in [5, 5.41) is 17.5. The van der Waals surface area contributed by atoms with Crippen LogP contribution in [0.15, 0.2) is 0 Å². The number of piperidine rings is 1. The van der Waals surface area contributed by atoms with Crippen LogP contribution in [0.25, 0.3) is 0 Å². The minimum atomic E-state index is -0.803. The lowest BCUT2D eigenvalue weighted by atomic mass is 9.97. The van der Waals surface area contributed by atoms with Gasteiger partial charge in [0.05, 0.1) is 5.92 Å². The summed E-state index contributed by atoms with van der Waals surface area (Å²) in [4.78, 5) is 24.1. The van der Waals surface area contributed by atoms with Crippen LogP contribution in [-0.2, 0) is 9.59 Å². The molecule has 1 aliphatic heterocycles. The molecule has 0 saturated carbocycles. The van der Waals surface area contributed by atoms with E-state index in [9.17, 15) is 9.59 Å². The third-order valence-corrected chi connectivity index (χ3v) is 3.19. The van der Waals surface area contributed by atoms with Gasteiger partial charge in [-0.05, 0) is 19.3 Å². The molecule has 0 aliphatic carbocycles. The van der Waals surface area contributed by atoms with E-state index >= 15 is 0 Å².